The molecular weight excluding hydrogens is 328 g/mol. The van der Waals surface area contributed by atoms with Crippen molar-refractivity contribution < 1.29 is 9.47 Å². The van der Waals surface area contributed by atoms with Crippen LogP contribution in [0.2, 0.25) is 0 Å². The van der Waals surface area contributed by atoms with E-state index in [2.05, 4.69) is 49.3 Å². The van der Waals surface area contributed by atoms with Crippen LogP contribution in [0.25, 0.3) is 0 Å². The molecular formula is C18H23BrO2. The van der Waals surface area contributed by atoms with Crippen molar-refractivity contribution in [1.82, 2.24) is 0 Å². The molecule has 0 saturated carbocycles. The van der Waals surface area contributed by atoms with Gasteiger partial charge in [-0.15, -0.1) is 0 Å². The molecule has 0 amide bonds. The third-order valence-electron chi connectivity index (χ3n) is 5.12. The van der Waals surface area contributed by atoms with Crippen molar-refractivity contribution in [3.8, 4) is 0 Å². The monoisotopic (exact) mass is 350 g/mol. The van der Waals surface area contributed by atoms with Gasteiger partial charge in [-0.05, 0) is 42.9 Å². The Morgan fingerprint density at radius 3 is 2.71 bits per heavy atom. The molecule has 3 heteroatoms. The minimum Gasteiger partial charge on any atom is -0.366 e. The van der Waals surface area contributed by atoms with Crippen LogP contribution in [-0.4, -0.2) is 17.3 Å². The maximum atomic E-state index is 6.42. The molecule has 2 nitrogen and oxygen atoms in total. The molecule has 114 valence electrons. The second-order valence-electron chi connectivity index (χ2n) is 6.77. The highest BCUT2D eigenvalue weighted by molar-refractivity contribution is 9.10. The van der Waals surface area contributed by atoms with E-state index in [1.54, 1.807) is 0 Å². The molecule has 0 radical (unpaired) electrons. The summed E-state index contributed by atoms with van der Waals surface area (Å²) in [4.78, 5) is 0. The number of rotatable bonds is 4. The Morgan fingerprint density at radius 1 is 1.38 bits per heavy atom. The lowest BCUT2D eigenvalue weighted by Gasteiger charge is -2.34. The van der Waals surface area contributed by atoms with Gasteiger partial charge in [-0.3, -0.25) is 0 Å². The van der Waals surface area contributed by atoms with Gasteiger partial charge >= 0.3 is 0 Å². The Labute approximate surface area is 135 Å². The van der Waals surface area contributed by atoms with Crippen molar-refractivity contribution in [3.63, 3.8) is 0 Å². The zero-order chi connectivity index (χ0) is 15.3. The van der Waals surface area contributed by atoms with E-state index >= 15 is 0 Å². The van der Waals surface area contributed by atoms with Crippen molar-refractivity contribution in [2.75, 3.05) is 0 Å². The molecule has 21 heavy (non-hydrogen) atoms. The summed E-state index contributed by atoms with van der Waals surface area (Å²) in [5.41, 5.74) is 1.88. The fourth-order valence-electron chi connectivity index (χ4n) is 3.80. The smallest absolute Gasteiger partial charge is 0.110 e. The van der Waals surface area contributed by atoms with E-state index in [4.69, 9.17) is 9.47 Å². The Hall–Kier alpha value is -0.640. The maximum Gasteiger partial charge on any atom is 0.110 e. The number of fused-ring (bicyclic) bond motifs is 2. The minimum atomic E-state index is -0.220. The van der Waals surface area contributed by atoms with Gasteiger partial charge in [0.2, 0.25) is 0 Å². The molecule has 0 aromatic heterocycles. The quantitative estimate of drug-likeness (QED) is 0.721. The average Bonchev–Trinajstić information content (AvgIpc) is 2.90. The molecule has 0 aliphatic carbocycles. The Bertz CT molecular complexity index is 568. The highest BCUT2D eigenvalue weighted by atomic mass is 79.9. The zero-order valence-corrected chi connectivity index (χ0v) is 14.6. The summed E-state index contributed by atoms with van der Waals surface area (Å²) in [5.74, 6) is 0.434. The van der Waals surface area contributed by atoms with Crippen LogP contribution in [-0.2, 0) is 16.1 Å². The largest absolute Gasteiger partial charge is 0.366 e. The number of hydrogen-bond donors (Lipinski definition) is 0. The van der Waals surface area contributed by atoms with Gasteiger partial charge in [0, 0.05) is 4.47 Å². The van der Waals surface area contributed by atoms with Gasteiger partial charge in [0.25, 0.3) is 0 Å². The summed E-state index contributed by atoms with van der Waals surface area (Å²) < 4.78 is 13.7. The molecule has 0 unspecified atom stereocenters. The van der Waals surface area contributed by atoms with E-state index in [1.807, 2.05) is 18.2 Å². The summed E-state index contributed by atoms with van der Waals surface area (Å²) in [6.45, 7) is 11.5. The first kappa shape index (κ1) is 15.3. The van der Waals surface area contributed by atoms with E-state index < -0.39 is 0 Å². The van der Waals surface area contributed by atoms with E-state index in [0.717, 1.165) is 28.5 Å². The lowest BCUT2D eigenvalue weighted by molar-refractivity contribution is -0.0960. The minimum absolute atomic E-state index is 0.0132. The van der Waals surface area contributed by atoms with Gasteiger partial charge in [-0.1, -0.05) is 54.6 Å². The lowest BCUT2D eigenvalue weighted by atomic mass is 9.72. The van der Waals surface area contributed by atoms with Gasteiger partial charge in [-0.25, -0.2) is 0 Å². The molecule has 2 fully saturated rings. The third-order valence-corrected chi connectivity index (χ3v) is 5.89. The van der Waals surface area contributed by atoms with Crippen LogP contribution in [0.1, 0.15) is 39.2 Å². The molecule has 1 aromatic rings. The van der Waals surface area contributed by atoms with Gasteiger partial charge in [0.1, 0.15) is 6.10 Å². The third kappa shape index (κ3) is 2.30. The van der Waals surface area contributed by atoms with Crippen LogP contribution in [0.5, 0.6) is 0 Å². The molecule has 1 aromatic carbocycles. The molecule has 2 saturated heterocycles. The summed E-state index contributed by atoms with van der Waals surface area (Å²) in [5, 5.41) is 0. The van der Waals surface area contributed by atoms with Crippen LogP contribution in [0, 0.1) is 5.92 Å². The highest BCUT2D eigenvalue weighted by Crippen LogP contribution is 2.57. The lowest BCUT2D eigenvalue weighted by Crippen LogP contribution is -2.40. The molecule has 2 heterocycles. The number of hydrogen-bond acceptors (Lipinski definition) is 2. The highest BCUT2D eigenvalue weighted by Gasteiger charge is 2.63. The van der Waals surface area contributed by atoms with E-state index in [9.17, 15) is 0 Å². The van der Waals surface area contributed by atoms with Crippen molar-refractivity contribution in [3.05, 3.63) is 46.5 Å². The Kier molecular flexibility index (Phi) is 3.79. The van der Waals surface area contributed by atoms with E-state index in [0.29, 0.717) is 12.5 Å². The van der Waals surface area contributed by atoms with Crippen molar-refractivity contribution >= 4 is 15.9 Å². The van der Waals surface area contributed by atoms with Crippen LogP contribution in [0.15, 0.2) is 40.9 Å². The van der Waals surface area contributed by atoms with Crippen LogP contribution < -0.4 is 0 Å². The molecule has 0 spiro atoms. The van der Waals surface area contributed by atoms with Gasteiger partial charge in [-0.2, -0.15) is 0 Å². The summed E-state index contributed by atoms with van der Waals surface area (Å²) in [6, 6.07) is 8.18. The normalized spacial score (nSPS) is 34.9. The van der Waals surface area contributed by atoms with Crippen LogP contribution in [0.4, 0.5) is 0 Å². The predicted molar refractivity (Wildman–Crippen MR) is 88.2 cm³/mol. The van der Waals surface area contributed by atoms with Gasteiger partial charge < -0.3 is 9.47 Å². The second-order valence-corrected chi connectivity index (χ2v) is 7.62. The standard InChI is InChI=1S/C18H23BrO2/c1-12(2)18-10-9-17(4,21-18)16(13(18)3)20-11-14-7-5-6-8-15(14)19/h5-8,12,16H,3,9-11H2,1-2,4H3/t16-,17+,18+/m1/s1. The Balaban J connectivity index is 1.78. The van der Waals surface area contributed by atoms with Crippen LogP contribution >= 0.6 is 15.9 Å². The zero-order valence-electron chi connectivity index (χ0n) is 13.0. The van der Waals surface area contributed by atoms with E-state index in [-0.39, 0.29) is 17.3 Å². The van der Waals surface area contributed by atoms with E-state index in [1.165, 1.54) is 0 Å². The molecule has 2 aliphatic rings. The summed E-state index contributed by atoms with van der Waals surface area (Å²) in [6.07, 6.45) is 2.10. The van der Waals surface area contributed by atoms with Crippen molar-refractivity contribution in [2.45, 2.75) is 57.5 Å². The fourth-order valence-corrected chi connectivity index (χ4v) is 4.20. The number of halogens is 1. The SMILES string of the molecule is C=C1[C@@H](OCc2ccccc2Br)[C@]2(C)CC[C@@]1(C(C)C)O2. The number of ether oxygens (including phenoxy) is 2. The first-order chi connectivity index (χ1) is 9.89. The molecule has 2 aliphatic heterocycles. The topological polar surface area (TPSA) is 18.5 Å². The molecule has 3 atom stereocenters. The van der Waals surface area contributed by atoms with Crippen molar-refractivity contribution in [2.24, 2.45) is 5.92 Å². The summed E-state index contributed by atoms with van der Waals surface area (Å²) in [7, 11) is 0. The van der Waals surface area contributed by atoms with Crippen LogP contribution in [0.3, 0.4) is 0 Å². The fraction of sp³-hybridized carbons (Fsp3) is 0.556. The van der Waals surface area contributed by atoms with Gasteiger partial charge in [0.15, 0.2) is 0 Å². The maximum absolute atomic E-state index is 6.42. The van der Waals surface area contributed by atoms with Crippen molar-refractivity contribution in [1.29, 1.82) is 0 Å². The average molecular weight is 351 g/mol. The summed E-state index contributed by atoms with van der Waals surface area (Å²) >= 11 is 3.58. The molecule has 3 rings (SSSR count). The molecule has 2 bridgehead atoms. The Morgan fingerprint density at radius 2 is 2.10 bits per heavy atom. The molecule has 0 N–H and O–H groups in total. The first-order valence-electron chi connectivity index (χ1n) is 7.63. The number of benzene rings is 1. The first-order valence-corrected chi connectivity index (χ1v) is 8.43. The van der Waals surface area contributed by atoms with Gasteiger partial charge in [0.05, 0.1) is 17.8 Å². The second kappa shape index (κ2) is 5.22. The predicted octanol–water partition coefficient (Wildman–Crippen LogP) is 4.87.